The molecule has 0 bridgehead atoms. The van der Waals surface area contributed by atoms with E-state index in [2.05, 4.69) is 15.3 Å². The lowest BCUT2D eigenvalue weighted by molar-refractivity contribution is 0.445. The Labute approximate surface area is 178 Å². The van der Waals surface area contributed by atoms with Gasteiger partial charge in [-0.25, -0.2) is 9.97 Å². The number of benzene rings is 2. The summed E-state index contributed by atoms with van der Waals surface area (Å²) in [4.78, 5) is 21.4. The summed E-state index contributed by atoms with van der Waals surface area (Å²) in [6.45, 7) is 0. The van der Waals surface area contributed by atoms with Crippen LogP contribution in [0, 0.1) is 0 Å². The summed E-state index contributed by atoms with van der Waals surface area (Å²) in [5.74, 6) is 1.43. The van der Waals surface area contributed by atoms with Gasteiger partial charge in [-0.15, -0.1) is 0 Å². The second-order valence-corrected chi connectivity index (χ2v) is 6.87. The van der Waals surface area contributed by atoms with Crippen molar-refractivity contribution in [3.05, 3.63) is 114 Å². The lowest BCUT2D eigenvalue weighted by Gasteiger charge is -2.18. The molecule has 2 aromatic carbocycles. The van der Waals surface area contributed by atoms with Crippen molar-refractivity contribution < 1.29 is 4.74 Å². The largest absolute Gasteiger partial charge is 0.421 e. The van der Waals surface area contributed by atoms with Crippen LogP contribution in [0.3, 0.4) is 0 Å². The molecule has 3 aromatic heterocycles. The minimum Gasteiger partial charge on any atom is -0.421 e. The van der Waals surface area contributed by atoms with Crippen molar-refractivity contribution in [1.29, 1.82) is 0 Å². The lowest BCUT2D eigenvalue weighted by Crippen LogP contribution is -2.13. The maximum Gasteiger partial charge on any atom is 0.223 e. The molecule has 0 saturated carbocycles. The summed E-state index contributed by atoms with van der Waals surface area (Å²) in [6, 6.07) is 28.3. The maximum atomic E-state index is 12.9. The van der Waals surface area contributed by atoms with E-state index in [0.29, 0.717) is 28.5 Å². The zero-order chi connectivity index (χ0) is 21.0. The van der Waals surface area contributed by atoms with Crippen molar-refractivity contribution in [2.24, 2.45) is 0 Å². The first-order valence-corrected chi connectivity index (χ1v) is 9.80. The number of pyridine rings is 3. The summed E-state index contributed by atoms with van der Waals surface area (Å²) < 4.78 is 7.80. The molecule has 6 heteroatoms. The Bertz CT molecular complexity index is 1390. The third-order valence-corrected chi connectivity index (χ3v) is 4.78. The lowest BCUT2D eigenvalue weighted by atomic mass is 10.2. The smallest absolute Gasteiger partial charge is 0.223 e. The maximum absolute atomic E-state index is 12.9. The molecule has 0 amide bonds. The molecule has 5 aromatic rings. The highest BCUT2D eigenvalue weighted by molar-refractivity contribution is 5.84. The Morgan fingerprint density at radius 2 is 1.52 bits per heavy atom. The second kappa shape index (κ2) is 8.12. The molecule has 0 radical (unpaired) electrons. The average Bonchev–Trinajstić information content (AvgIpc) is 2.81. The summed E-state index contributed by atoms with van der Waals surface area (Å²) in [7, 11) is 0. The van der Waals surface area contributed by atoms with Crippen LogP contribution < -0.4 is 15.5 Å². The Balaban J connectivity index is 1.71. The van der Waals surface area contributed by atoms with Gasteiger partial charge in [0.05, 0.1) is 10.9 Å². The first-order chi connectivity index (χ1) is 15.3. The molecule has 0 fully saturated rings. The van der Waals surface area contributed by atoms with Gasteiger partial charge in [-0.2, -0.15) is 0 Å². The van der Waals surface area contributed by atoms with Crippen LogP contribution in [0.2, 0.25) is 0 Å². The van der Waals surface area contributed by atoms with Gasteiger partial charge < -0.3 is 10.1 Å². The van der Waals surface area contributed by atoms with Gasteiger partial charge in [-0.3, -0.25) is 9.36 Å². The van der Waals surface area contributed by atoms with E-state index >= 15 is 0 Å². The van der Waals surface area contributed by atoms with Gasteiger partial charge in [0.1, 0.15) is 5.82 Å². The molecular weight excluding hydrogens is 388 g/mol. The fourth-order valence-corrected chi connectivity index (χ4v) is 3.38. The van der Waals surface area contributed by atoms with Crippen molar-refractivity contribution in [3.63, 3.8) is 0 Å². The van der Waals surface area contributed by atoms with Crippen LogP contribution in [0.4, 0.5) is 11.5 Å². The van der Waals surface area contributed by atoms with Gasteiger partial charge in [0, 0.05) is 42.0 Å². The number of rotatable bonds is 5. The molecule has 0 atom stereocenters. The van der Waals surface area contributed by atoms with E-state index in [0.717, 1.165) is 11.4 Å². The number of nitrogens with zero attached hydrogens (tertiary/aromatic N) is 3. The number of nitrogens with one attached hydrogen (secondary N) is 1. The van der Waals surface area contributed by atoms with Gasteiger partial charge in [0.2, 0.25) is 11.8 Å². The number of hydrogen-bond donors (Lipinski definition) is 1. The normalized spacial score (nSPS) is 10.7. The summed E-state index contributed by atoms with van der Waals surface area (Å²) in [5.41, 5.74) is 2.33. The van der Waals surface area contributed by atoms with Crippen LogP contribution in [-0.2, 0) is 0 Å². The Hall–Kier alpha value is -4.45. The summed E-state index contributed by atoms with van der Waals surface area (Å²) in [5, 5.41) is 3.86. The first-order valence-electron chi connectivity index (χ1n) is 9.80. The van der Waals surface area contributed by atoms with E-state index in [-0.39, 0.29) is 5.43 Å². The highest BCUT2D eigenvalue weighted by Gasteiger charge is 2.13. The minimum absolute atomic E-state index is 0.127. The van der Waals surface area contributed by atoms with E-state index in [9.17, 15) is 4.79 Å². The summed E-state index contributed by atoms with van der Waals surface area (Å²) in [6.07, 6.45) is 3.19. The van der Waals surface area contributed by atoms with Crippen LogP contribution in [0.5, 0.6) is 11.8 Å². The quantitative estimate of drug-likeness (QED) is 0.428. The minimum atomic E-state index is -0.127. The average molecular weight is 406 g/mol. The molecule has 0 aliphatic carbocycles. The molecule has 31 heavy (non-hydrogen) atoms. The highest BCUT2D eigenvalue weighted by Crippen LogP contribution is 2.27. The zero-order valence-electron chi connectivity index (χ0n) is 16.5. The zero-order valence-corrected chi connectivity index (χ0v) is 16.5. The van der Waals surface area contributed by atoms with Crippen molar-refractivity contribution in [2.75, 3.05) is 5.32 Å². The van der Waals surface area contributed by atoms with Crippen molar-refractivity contribution in [2.45, 2.75) is 0 Å². The molecule has 0 aliphatic heterocycles. The van der Waals surface area contributed by atoms with Gasteiger partial charge in [0.15, 0.2) is 5.43 Å². The van der Waals surface area contributed by atoms with E-state index in [1.165, 1.54) is 0 Å². The van der Waals surface area contributed by atoms with E-state index < -0.39 is 0 Å². The van der Waals surface area contributed by atoms with E-state index in [4.69, 9.17) is 4.74 Å². The predicted octanol–water partition coefficient (Wildman–Crippen LogP) is 5.32. The number of anilines is 2. The van der Waals surface area contributed by atoms with Crippen molar-refractivity contribution >= 4 is 22.4 Å². The highest BCUT2D eigenvalue weighted by atomic mass is 16.5. The molecule has 0 saturated heterocycles. The predicted molar refractivity (Wildman–Crippen MR) is 121 cm³/mol. The number of hydrogen-bond acceptors (Lipinski definition) is 5. The number of ether oxygens (including phenoxy) is 1. The van der Waals surface area contributed by atoms with Gasteiger partial charge >= 0.3 is 0 Å². The third-order valence-electron chi connectivity index (χ3n) is 4.78. The number of aromatic nitrogens is 3. The van der Waals surface area contributed by atoms with Crippen molar-refractivity contribution in [3.8, 4) is 17.4 Å². The van der Waals surface area contributed by atoms with Crippen LogP contribution >= 0.6 is 0 Å². The Morgan fingerprint density at radius 3 is 2.26 bits per heavy atom. The molecule has 0 unspecified atom stereocenters. The Morgan fingerprint density at radius 1 is 0.774 bits per heavy atom. The fourth-order valence-electron chi connectivity index (χ4n) is 3.38. The standard InChI is InChI=1S/C25H18N4O2/c30-22-16-23(28-18-9-3-1-4-10-18)29(19-11-5-2-6-12-19)21-15-25(27-17-20(21)22)31-24-13-7-8-14-26-24/h1-17,28H. The first kappa shape index (κ1) is 18.6. The molecule has 150 valence electrons. The van der Waals surface area contributed by atoms with Crippen LogP contribution in [0.15, 0.2) is 108 Å². The van der Waals surface area contributed by atoms with E-state index in [1.807, 2.05) is 77.4 Å². The topological polar surface area (TPSA) is 69.0 Å². The van der Waals surface area contributed by atoms with Crippen LogP contribution in [0.25, 0.3) is 16.6 Å². The van der Waals surface area contributed by atoms with E-state index in [1.54, 1.807) is 30.6 Å². The van der Waals surface area contributed by atoms with Crippen LogP contribution in [0.1, 0.15) is 0 Å². The second-order valence-electron chi connectivity index (χ2n) is 6.87. The SMILES string of the molecule is O=c1cc(Nc2ccccc2)n(-c2ccccc2)c2cc(Oc3ccccn3)ncc12. The molecule has 5 rings (SSSR count). The van der Waals surface area contributed by atoms with Gasteiger partial charge in [-0.1, -0.05) is 42.5 Å². The fraction of sp³-hybridized carbons (Fsp3) is 0. The number of para-hydroxylation sites is 2. The molecule has 0 spiro atoms. The molecule has 0 aliphatic rings. The summed E-state index contributed by atoms with van der Waals surface area (Å²) >= 11 is 0. The molecule has 6 nitrogen and oxygen atoms in total. The van der Waals surface area contributed by atoms with Gasteiger partial charge in [0.25, 0.3) is 0 Å². The molecule has 1 N–H and O–H groups in total. The monoisotopic (exact) mass is 406 g/mol. The third kappa shape index (κ3) is 3.86. The Kier molecular flexibility index (Phi) is 4.86. The number of fused-ring (bicyclic) bond motifs is 1. The van der Waals surface area contributed by atoms with Gasteiger partial charge in [-0.05, 0) is 30.3 Å². The van der Waals surface area contributed by atoms with Crippen LogP contribution in [-0.4, -0.2) is 14.5 Å². The van der Waals surface area contributed by atoms with Crippen molar-refractivity contribution in [1.82, 2.24) is 14.5 Å². The molecule has 3 heterocycles. The molecular formula is C25H18N4O2.